The zero-order valence-corrected chi connectivity index (χ0v) is 20.2. The third kappa shape index (κ3) is 6.17. The molecule has 4 unspecified atom stereocenters. The van der Waals surface area contributed by atoms with E-state index in [2.05, 4.69) is 66.5 Å². The summed E-state index contributed by atoms with van der Waals surface area (Å²) in [7, 11) is 0. The van der Waals surface area contributed by atoms with Crippen molar-refractivity contribution in [2.24, 2.45) is 16.8 Å². The fraction of sp³-hybridized carbons (Fsp3) is 0.357. The predicted molar refractivity (Wildman–Crippen MR) is 138 cm³/mol. The maximum atomic E-state index is 12.4. The van der Waals surface area contributed by atoms with E-state index in [1.54, 1.807) is 11.8 Å². The molecule has 4 nitrogen and oxygen atoms in total. The zero-order valence-electron chi connectivity index (χ0n) is 19.4. The summed E-state index contributed by atoms with van der Waals surface area (Å²) in [6.45, 7) is 9.77. The standard InChI is InChI=1S/C28H32N2O2S/c1-19(17-29-27(31)16-25-15-24-13-14-33-28(24)30-25)20(2)21(3)23-9-11-26(12-10-23)32-18-22-7-5-4-6-8-22/h4-14,19,21,24,28H,2,15-18H2,1,3H3,(H,29,31). The molecular weight excluding hydrogens is 428 g/mol. The zero-order chi connectivity index (χ0) is 23.2. The summed E-state index contributed by atoms with van der Waals surface area (Å²) >= 11 is 1.75. The van der Waals surface area contributed by atoms with Gasteiger partial charge in [0, 0.05) is 24.1 Å². The van der Waals surface area contributed by atoms with Crippen LogP contribution in [0, 0.1) is 11.8 Å². The Balaban J connectivity index is 1.22. The molecule has 2 aliphatic heterocycles. The highest BCUT2D eigenvalue weighted by Crippen LogP contribution is 2.38. The van der Waals surface area contributed by atoms with Crippen molar-refractivity contribution < 1.29 is 9.53 Å². The second kappa shape index (κ2) is 10.9. The van der Waals surface area contributed by atoms with Crippen LogP contribution < -0.4 is 10.1 Å². The smallest absolute Gasteiger partial charge is 0.225 e. The molecule has 33 heavy (non-hydrogen) atoms. The first-order valence-corrected chi connectivity index (χ1v) is 12.5. The van der Waals surface area contributed by atoms with E-state index < -0.39 is 0 Å². The lowest BCUT2D eigenvalue weighted by atomic mass is 9.86. The molecule has 0 saturated carbocycles. The summed E-state index contributed by atoms with van der Waals surface area (Å²) in [5, 5.41) is 5.49. The van der Waals surface area contributed by atoms with E-state index in [0.717, 1.165) is 29.0 Å². The van der Waals surface area contributed by atoms with E-state index in [1.807, 2.05) is 30.3 Å². The number of ether oxygens (including phenoxy) is 1. The van der Waals surface area contributed by atoms with Crippen LogP contribution >= 0.6 is 11.8 Å². The Morgan fingerprint density at radius 3 is 2.67 bits per heavy atom. The minimum absolute atomic E-state index is 0.0509. The topological polar surface area (TPSA) is 50.7 Å². The van der Waals surface area contributed by atoms with E-state index in [-0.39, 0.29) is 17.7 Å². The van der Waals surface area contributed by atoms with Crippen LogP contribution in [-0.4, -0.2) is 23.5 Å². The summed E-state index contributed by atoms with van der Waals surface area (Å²) in [4.78, 5) is 17.1. The van der Waals surface area contributed by atoms with Crippen molar-refractivity contribution in [2.45, 2.75) is 44.6 Å². The number of aliphatic imine (C=N–C) groups is 1. The van der Waals surface area contributed by atoms with Crippen molar-refractivity contribution in [3.63, 3.8) is 0 Å². The summed E-state index contributed by atoms with van der Waals surface area (Å²) in [5.41, 5.74) is 4.48. The molecule has 0 fully saturated rings. The summed E-state index contributed by atoms with van der Waals surface area (Å²) in [6.07, 6.45) is 3.52. The first kappa shape index (κ1) is 23.4. The quantitative estimate of drug-likeness (QED) is 0.435. The number of thioether (sulfide) groups is 1. The van der Waals surface area contributed by atoms with Gasteiger partial charge in [0.25, 0.3) is 0 Å². The average Bonchev–Trinajstić information content (AvgIpc) is 3.43. The van der Waals surface area contributed by atoms with Gasteiger partial charge in [-0.2, -0.15) is 0 Å². The van der Waals surface area contributed by atoms with Crippen LogP contribution in [-0.2, 0) is 11.4 Å². The van der Waals surface area contributed by atoms with Crippen LogP contribution in [0.1, 0.15) is 43.7 Å². The van der Waals surface area contributed by atoms with Gasteiger partial charge in [-0.15, -0.1) is 11.8 Å². The van der Waals surface area contributed by atoms with E-state index in [1.165, 1.54) is 5.56 Å². The number of rotatable bonds is 10. The lowest BCUT2D eigenvalue weighted by Gasteiger charge is -2.22. The van der Waals surface area contributed by atoms with Crippen LogP contribution in [0.5, 0.6) is 5.75 Å². The van der Waals surface area contributed by atoms with E-state index >= 15 is 0 Å². The molecule has 1 amide bonds. The molecule has 4 rings (SSSR count). The van der Waals surface area contributed by atoms with Gasteiger partial charge in [0.1, 0.15) is 17.7 Å². The molecule has 5 heteroatoms. The maximum absolute atomic E-state index is 12.4. The molecule has 2 aromatic rings. The molecule has 0 bridgehead atoms. The number of hydrogen-bond donors (Lipinski definition) is 1. The second-order valence-corrected chi connectivity index (χ2v) is 9.97. The number of nitrogens with one attached hydrogen (secondary N) is 1. The van der Waals surface area contributed by atoms with Gasteiger partial charge >= 0.3 is 0 Å². The average molecular weight is 461 g/mol. The molecule has 0 radical (unpaired) electrons. The van der Waals surface area contributed by atoms with Gasteiger partial charge in [0.05, 0.1) is 6.42 Å². The Kier molecular flexibility index (Phi) is 7.71. The third-order valence-corrected chi connectivity index (χ3v) is 7.53. The molecule has 0 aliphatic carbocycles. The van der Waals surface area contributed by atoms with Gasteiger partial charge in [-0.25, -0.2) is 0 Å². The Hall–Kier alpha value is -2.79. The van der Waals surface area contributed by atoms with E-state index in [0.29, 0.717) is 30.9 Å². The molecule has 0 spiro atoms. The highest BCUT2D eigenvalue weighted by molar-refractivity contribution is 8.03. The van der Waals surface area contributed by atoms with Gasteiger partial charge in [-0.05, 0) is 41.0 Å². The normalized spacial score (nSPS) is 20.6. The van der Waals surface area contributed by atoms with Crippen LogP contribution in [0.3, 0.4) is 0 Å². The number of fused-ring (bicyclic) bond motifs is 1. The Bertz CT molecular complexity index is 1030. The molecular formula is C28H32N2O2S. The van der Waals surface area contributed by atoms with Crippen molar-refractivity contribution in [1.29, 1.82) is 0 Å². The molecule has 0 saturated heterocycles. The molecule has 2 aromatic carbocycles. The molecule has 2 aliphatic rings. The largest absolute Gasteiger partial charge is 0.489 e. The summed E-state index contributed by atoms with van der Waals surface area (Å²) in [5.74, 6) is 1.76. The number of carbonyl (C=O) groups is 1. The van der Waals surface area contributed by atoms with Crippen molar-refractivity contribution in [2.75, 3.05) is 6.54 Å². The molecule has 1 N–H and O–H groups in total. The first-order valence-electron chi connectivity index (χ1n) is 11.6. The SMILES string of the molecule is C=C(C(C)CNC(=O)CC1=NC2SC=CC2C1)C(C)c1ccc(OCc2ccccc2)cc1. The fourth-order valence-corrected chi connectivity index (χ4v) is 5.27. The molecule has 172 valence electrons. The van der Waals surface area contributed by atoms with Gasteiger partial charge in [-0.3, -0.25) is 9.79 Å². The van der Waals surface area contributed by atoms with Crippen LogP contribution in [0.25, 0.3) is 0 Å². The fourth-order valence-electron chi connectivity index (χ4n) is 4.22. The van der Waals surface area contributed by atoms with Crippen molar-refractivity contribution in [3.8, 4) is 5.75 Å². The van der Waals surface area contributed by atoms with Crippen molar-refractivity contribution in [1.82, 2.24) is 5.32 Å². The summed E-state index contributed by atoms with van der Waals surface area (Å²) < 4.78 is 5.89. The number of benzene rings is 2. The Morgan fingerprint density at radius 2 is 1.94 bits per heavy atom. The third-order valence-electron chi connectivity index (χ3n) is 6.48. The van der Waals surface area contributed by atoms with Gasteiger partial charge in [0.15, 0.2) is 0 Å². The predicted octanol–water partition coefficient (Wildman–Crippen LogP) is 6.12. The van der Waals surface area contributed by atoms with Gasteiger partial charge in [0.2, 0.25) is 5.91 Å². The van der Waals surface area contributed by atoms with Crippen LogP contribution in [0.15, 0.2) is 83.2 Å². The second-order valence-electron chi connectivity index (χ2n) is 8.94. The minimum atomic E-state index is 0.0509. The highest BCUT2D eigenvalue weighted by atomic mass is 32.2. The van der Waals surface area contributed by atoms with E-state index in [9.17, 15) is 4.79 Å². The number of hydrogen-bond acceptors (Lipinski definition) is 4. The Labute approximate surface area is 201 Å². The molecule has 4 atom stereocenters. The highest BCUT2D eigenvalue weighted by Gasteiger charge is 2.31. The summed E-state index contributed by atoms with van der Waals surface area (Å²) in [6, 6.07) is 18.4. The molecule has 0 aromatic heterocycles. The Morgan fingerprint density at radius 1 is 1.18 bits per heavy atom. The van der Waals surface area contributed by atoms with Gasteiger partial charge < -0.3 is 10.1 Å². The van der Waals surface area contributed by atoms with Crippen molar-refractivity contribution in [3.05, 3.63) is 89.4 Å². The first-order chi connectivity index (χ1) is 16.0. The van der Waals surface area contributed by atoms with E-state index in [4.69, 9.17) is 4.74 Å². The van der Waals surface area contributed by atoms with Crippen molar-refractivity contribution >= 4 is 23.4 Å². The monoisotopic (exact) mass is 460 g/mol. The molecule has 2 heterocycles. The maximum Gasteiger partial charge on any atom is 0.225 e. The number of amides is 1. The number of nitrogens with zero attached hydrogens (tertiary/aromatic N) is 1. The lowest BCUT2D eigenvalue weighted by Crippen LogP contribution is -2.30. The van der Waals surface area contributed by atoms with Crippen LogP contribution in [0.4, 0.5) is 0 Å². The van der Waals surface area contributed by atoms with Gasteiger partial charge in [-0.1, -0.05) is 74.5 Å². The van der Waals surface area contributed by atoms with Crippen LogP contribution in [0.2, 0.25) is 0 Å². The lowest BCUT2D eigenvalue weighted by molar-refractivity contribution is -0.120. The number of carbonyl (C=O) groups excluding carboxylic acids is 1. The minimum Gasteiger partial charge on any atom is -0.489 e.